The zero-order valence-electron chi connectivity index (χ0n) is 14.7. The number of carbonyl (C=O) groups is 1. The van der Waals surface area contributed by atoms with Crippen molar-refractivity contribution in [3.63, 3.8) is 0 Å². The molecule has 0 amide bonds. The Bertz CT molecular complexity index is 910. The van der Waals surface area contributed by atoms with Crippen molar-refractivity contribution in [1.82, 2.24) is 10.2 Å². The standard InChI is InChI=1S/C19H17ClN2O5/c1-12(26-17(23)11-25-16-5-3-4-14(20)10-16)18-21-22-19(27-18)13-6-8-15(24-2)9-7-13/h3-10,12H,11H2,1-2H3/t12-/m0/s1. The second-order valence-corrected chi connectivity index (χ2v) is 5.99. The number of carbonyl (C=O) groups excluding carboxylic acids is 1. The highest BCUT2D eigenvalue weighted by Gasteiger charge is 2.19. The Kier molecular flexibility index (Phi) is 5.93. The molecule has 0 unspecified atom stereocenters. The number of nitrogens with zero attached hydrogens (tertiary/aromatic N) is 2. The van der Waals surface area contributed by atoms with Crippen molar-refractivity contribution in [3.05, 3.63) is 59.4 Å². The van der Waals surface area contributed by atoms with Gasteiger partial charge >= 0.3 is 5.97 Å². The molecule has 1 aromatic heterocycles. The van der Waals surface area contributed by atoms with E-state index in [9.17, 15) is 4.79 Å². The zero-order valence-corrected chi connectivity index (χ0v) is 15.5. The Morgan fingerprint density at radius 3 is 2.63 bits per heavy atom. The number of hydrogen-bond acceptors (Lipinski definition) is 7. The lowest BCUT2D eigenvalue weighted by Crippen LogP contribution is -2.17. The van der Waals surface area contributed by atoms with E-state index < -0.39 is 12.1 Å². The molecule has 3 rings (SSSR count). The van der Waals surface area contributed by atoms with Crippen LogP contribution >= 0.6 is 11.6 Å². The molecular formula is C19H17ClN2O5. The first kappa shape index (κ1) is 18.7. The number of aromatic nitrogens is 2. The van der Waals surface area contributed by atoms with Crippen molar-refractivity contribution in [2.75, 3.05) is 13.7 Å². The van der Waals surface area contributed by atoms with E-state index in [0.29, 0.717) is 16.7 Å². The smallest absolute Gasteiger partial charge is 0.344 e. The number of halogens is 1. The second-order valence-electron chi connectivity index (χ2n) is 5.55. The minimum Gasteiger partial charge on any atom is -0.497 e. The van der Waals surface area contributed by atoms with Crippen molar-refractivity contribution < 1.29 is 23.4 Å². The molecule has 7 nitrogen and oxygen atoms in total. The van der Waals surface area contributed by atoms with Gasteiger partial charge in [0.05, 0.1) is 7.11 Å². The molecule has 0 aliphatic rings. The van der Waals surface area contributed by atoms with Crippen LogP contribution in [0.25, 0.3) is 11.5 Å². The topological polar surface area (TPSA) is 83.7 Å². The average molecular weight is 389 g/mol. The molecule has 1 atom stereocenters. The number of rotatable bonds is 7. The Morgan fingerprint density at radius 1 is 1.15 bits per heavy atom. The van der Waals surface area contributed by atoms with Gasteiger partial charge in [-0.05, 0) is 49.4 Å². The fraction of sp³-hybridized carbons (Fsp3) is 0.211. The fourth-order valence-corrected chi connectivity index (χ4v) is 2.41. The molecule has 0 aliphatic heterocycles. The van der Waals surface area contributed by atoms with Crippen molar-refractivity contribution in [2.24, 2.45) is 0 Å². The minimum absolute atomic E-state index is 0.192. The van der Waals surface area contributed by atoms with Gasteiger partial charge in [0.15, 0.2) is 12.7 Å². The summed E-state index contributed by atoms with van der Waals surface area (Å²) < 4.78 is 21.3. The van der Waals surface area contributed by atoms with Crippen LogP contribution in [0.3, 0.4) is 0 Å². The summed E-state index contributed by atoms with van der Waals surface area (Å²) in [7, 11) is 1.59. The van der Waals surface area contributed by atoms with Gasteiger partial charge in [0.2, 0.25) is 5.89 Å². The van der Waals surface area contributed by atoms with E-state index in [0.717, 1.165) is 11.3 Å². The van der Waals surface area contributed by atoms with Crippen LogP contribution in [0.1, 0.15) is 18.9 Å². The summed E-state index contributed by atoms with van der Waals surface area (Å²) in [6.45, 7) is 1.38. The molecular weight excluding hydrogens is 372 g/mol. The van der Waals surface area contributed by atoms with Gasteiger partial charge in [0, 0.05) is 10.6 Å². The maximum Gasteiger partial charge on any atom is 0.344 e. The summed E-state index contributed by atoms with van der Waals surface area (Å²) in [5, 5.41) is 8.43. The molecule has 1 heterocycles. The van der Waals surface area contributed by atoms with Crippen LogP contribution in [0.5, 0.6) is 11.5 Å². The molecule has 0 aliphatic carbocycles. The van der Waals surface area contributed by atoms with Crippen molar-refractivity contribution >= 4 is 17.6 Å². The molecule has 140 valence electrons. The lowest BCUT2D eigenvalue weighted by molar-refractivity contribution is -0.152. The van der Waals surface area contributed by atoms with E-state index in [1.165, 1.54) is 0 Å². The monoisotopic (exact) mass is 388 g/mol. The van der Waals surface area contributed by atoms with Crippen LogP contribution in [0, 0.1) is 0 Å². The summed E-state index contributed by atoms with van der Waals surface area (Å²) in [4.78, 5) is 11.9. The van der Waals surface area contributed by atoms with E-state index in [4.69, 9.17) is 30.2 Å². The average Bonchev–Trinajstić information content (AvgIpc) is 3.17. The highest BCUT2D eigenvalue weighted by molar-refractivity contribution is 6.30. The maximum atomic E-state index is 11.9. The predicted octanol–water partition coefficient (Wildman–Crippen LogP) is 4.08. The highest BCUT2D eigenvalue weighted by atomic mass is 35.5. The van der Waals surface area contributed by atoms with Gasteiger partial charge < -0.3 is 18.6 Å². The molecule has 27 heavy (non-hydrogen) atoms. The van der Waals surface area contributed by atoms with Crippen LogP contribution in [0.15, 0.2) is 52.9 Å². The van der Waals surface area contributed by atoms with Gasteiger partial charge in [-0.25, -0.2) is 4.79 Å². The molecule has 0 bridgehead atoms. The number of esters is 1. The number of benzene rings is 2. The van der Waals surface area contributed by atoms with E-state index in [-0.39, 0.29) is 12.5 Å². The Balaban J connectivity index is 1.56. The largest absolute Gasteiger partial charge is 0.497 e. The second kappa shape index (κ2) is 8.55. The first-order chi connectivity index (χ1) is 13.0. The Morgan fingerprint density at radius 2 is 1.93 bits per heavy atom. The van der Waals surface area contributed by atoms with Crippen LogP contribution in [-0.4, -0.2) is 29.9 Å². The molecule has 0 N–H and O–H groups in total. The Labute approximate surface area is 160 Å². The lowest BCUT2D eigenvalue weighted by Gasteiger charge is -2.10. The molecule has 0 spiro atoms. The maximum absolute atomic E-state index is 11.9. The first-order valence-electron chi connectivity index (χ1n) is 8.11. The van der Waals surface area contributed by atoms with Crippen molar-refractivity contribution in [3.8, 4) is 23.0 Å². The van der Waals surface area contributed by atoms with Gasteiger partial charge in [-0.3, -0.25) is 0 Å². The van der Waals surface area contributed by atoms with Crippen LogP contribution < -0.4 is 9.47 Å². The summed E-state index contributed by atoms with van der Waals surface area (Å²) in [5.41, 5.74) is 0.734. The summed E-state index contributed by atoms with van der Waals surface area (Å²) in [6, 6.07) is 13.9. The summed E-state index contributed by atoms with van der Waals surface area (Å²) >= 11 is 5.86. The minimum atomic E-state index is -0.708. The third-order valence-electron chi connectivity index (χ3n) is 3.59. The quantitative estimate of drug-likeness (QED) is 0.564. The van der Waals surface area contributed by atoms with Gasteiger partial charge in [0.25, 0.3) is 5.89 Å². The molecule has 3 aromatic rings. The molecule has 0 fully saturated rings. The molecule has 0 saturated heterocycles. The first-order valence-corrected chi connectivity index (χ1v) is 8.48. The van der Waals surface area contributed by atoms with E-state index in [1.807, 2.05) is 0 Å². The van der Waals surface area contributed by atoms with Gasteiger partial charge in [-0.15, -0.1) is 10.2 Å². The van der Waals surface area contributed by atoms with Crippen LogP contribution in [0.4, 0.5) is 0 Å². The van der Waals surface area contributed by atoms with Gasteiger partial charge in [-0.2, -0.15) is 0 Å². The third kappa shape index (κ3) is 4.98. The van der Waals surface area contributed by atoms with Crippen molar-refractivity contribution in [2.45, 2.75) is 13.0 Å². The molecule has 8 heteroatoms. The van der Waals surface area contributed by atoms with Crippen molar-refractivity contribution in [1.29, 1.82) is 0 Å². The summed E-state index contributed by atoms with van der Waals surface area (Å²) in [6.07, 6.45) is -0.708. The molecule has 0 saturated carbocycles. The Hall–Kier alpha value is -3.06. The number of methoxy groups -OCH3 is 1. The van der Waals surface area contributed by atoms with Gasteiger partial charge in [-0.1, -0.05) is 17.7 Å². The molecule has 2 aromatic carbocycles. The van der Waals surface area contributed by atoms with Crippen LogP contribution in [0.2, 0.25) is 5.02 Å². The van der Waals surface area contributed by atoms with Crippen LogP contribution in [-0.2, 0) is 9.53 Å². The van der Waals surface area contributed by atoms with Gasteiger partial charge in [0.1, 0.15) is 11.5 Å². The number of hydrogen-bond donors (Lipinski definition) is 0. The number of ether oxygens (including phenoxy) is 3. The predicted molar refractivity (Wildman–Crippen MR) is 97.7 cm³/mol. The lowest BCUT2D eigenvalue weighted by atomic mass is 10.2. The fourth-order valence-electron chi connectivity index (χ4n) is 2.23. The zero-order chi connectivity index (χ0) is 19.2. The van der Waals surface area contributed by atoms with E-state index >= 15 is 0 Å². The molecule has 0 radical (unpaired) electrons. The normalized spacial score (nSPS) is 11.7. The van der Waals surface area contributed by atoms with E-state index in [1.54, 1.807) is 62.6 Å². The highest BCUT2D eigenvalue weighted by Crippen LogP contribution is 2.24. The SMILES string of the molecule is COc1ccc(-c2nnc([C@H](C)OC(=O)COc3cccc(Cl)c3)o2)cc1. The third-order valence-corrected chi connectivity index (χ3v) is 3.82. The van der Waals surface area contributed by atoms with E-state index in [2.05, 4.69) is 10.2 Å². The summed E-state index contributed by atoms with van der Waals surface area (Å²) in [5.74, 6) is 1.15.